The van der Waals surface area contributed by atoms with Gasteiger partial charge in [0.15, 0.2) is 0 Å². The van der Waals surface area contributed by atoms with E-state index in [0.717, 1.165) is 36.9 Å². The molecule has 1 aliphatic rings. The Kier molecular flexibility index (Phi) is 3.17. The van der Waals surface area contributed by atoms with Gasteiger partial charge in [-0.1, -0.05) is 12.1 Å². The Morgan fingerprint density at radius 1 is 1.41 bits per heavy atom. The van der Waals surface area contributed by atoms with Gasteiger partial charge in [0, 0.05) is 12.1 Å². The quantitative estimate of drug-likeness (QED) is 0.780. The van der Waals surface area contributed by atoms with Crippen molar-refractivity contribution >= 4 is 15.9 Å². The van der Waals surface area contributed by atoms with Crippen LogP contribution in [0.5, 0.6) is 0 Å². The Morgan fingerprint density at radius 2 is 2.18 bits per heavy atom. The number of sulfonamides is 1. The second-order valence-corrected chi connectivity index (χ2v) is 5.82. The number of hydrogen-bond donors (Lipinski definition) is 2. The minimum atomic E-state index is -3.51. The molecule has 1 aromatic carbocycles. The highest BCUT2D eigenvalue weighted by atomic mass is 32.2. The van der Waals surface area contributed by atoms with E-state index >= 15 is 0 Å². The van der Waals surface area contributed by atoms with Crippen LogP contribution in [0.15, 0.2) is 18.2 Å². The zero-order valence-corrected chi connectivity index (χ0v) is 10.3. The molecular formula is C11H14N2O3S. The standard InChI is InChI=1S/C11H14N2O3S/c1-17(15,16)13-11(14)10-4-2-3-8-7-12-6-5-9(8)10/h2-4,12H,5-7H2,1H3,(H,13,14). The first-order chi connectivity index (χ1) is 7.97. The Labute approximate surface area is 100 Å². The Hall–Kier alpha value is -1.40. The minimum Gasteiger partial charge on any atom is -0.312 e. The second kappa shape index (κ2) is 4.46. The van der Waals surface area contributed by atoms with Crippen LogP contribution in [0.3, 0.4) is 0 Å². The average Bonchev–Trinajstić information content (AvgIpc) is 2.26. The lowest BCUT2D eigenvalue weighted by Crippen LogP contribution is -2.32. The zero-order chi connectivity index (χ0) is 12.5. The van der Waals surface area contributed by atoms with Gasteiger partial charge in [-0.2, -0.15) is 0 Å². The van der Waals surface area contributed by atoms with Crippen LogP contribution in [-0.4, -0.2) is 27.1 Å². The normalized spacial score (nSPS) is 15.1. The number of nitrogens with one attached hydrogen (secondary N) is 2. The number of rotatable bonds is 2. The molecule has 1 heterocycles. The first kappa shape index (κ1) is 12.1. The SMILES string of the molecule is CS(=O)(=O)NC(=O)c1cccc2c1CCNC2. The van der Waals surface area contributed by atoms with Crippen LogP contribution < -0.4 is 10.0 Å². The topological polar surface area (TPSA) is 75.3 Å². The molecule has 1 aromatic rings. The van der Waals surface area contributed by atoms with Gasteiger partial charge in [0.1, 0.15) is 0 Å². The lowest BCUT2D eigenvalue weighted by Gasteiger charge is -2.19. The van der Waals surface area contributed by atoms with E-state index in [9.17, 15) is 13.2 Å². The van der Waals surface area contributed by atoms with Crippen LogP contribution in [-0.2, 0) is 23.0 Å². The van der Waals surface area contributed by atoms with Crippen molar-refractivity contribution < 1.29 is 13.2 Å². The van der Waals surface area contributed by atoms with Gasteiger partial charge in [-0.05, 0) is 30.2 Å². The van der Waals surface area contributed by atoms with E-state index in [-0.39, 0.29) is 0 Å². The van der Waals surface area contributed by atoms with Gasteiger partial charge in [0.05, 0.1) is 6.26 Å². The highest BCUT2D eigenvalue weighted by Crippen LogP contribution is 2.18. The summed E-state index contributed by atoms with van der Waals surface area (Å²) in [6, 6.07) is 5.37. The molecule has 0 spiro atoms. The summed E-state index contributed by atoms with van der Waals surface area (Å²) in [4.78, 5) is 11.8. The van der Waals surface area contributed by atoms with Gasteiger partial charge < -0.3 is 5.32 Å². The fourth-order valence-electron chi connectivity index (χ4n) is 1.97. The number of hydrogen-bond acceptors (Lipinski definition) is 4. The van der Waals surface area contributed by atoms with Crippen molar-refractivity contribution in [2.45, 2.75) is 13.0 Å². The smallest absolute Gasteiger partial charge is 0.265 e. The van der Waals surface area contributed by atoms with Crippen LogP contribution in [0.4, 0.5) is 0 Å². The molecular weight excluding hydrogens is 240 g/mol. The first-order valence-corrected chi connectivity index (χ1v) is 7.20. The van der Waals surface area contributed by atoms with Crippen LogP contribution in [0.1, 0.15) is 21.5 Å². The van der Waals surface area contributed by atoms with Crippen molar-refractivity contribution in [2.75, 3.05) is 12.8 Å². The summed E-state index contributed by atoms with van der Waals surface area (Å²) in [6.45, 7) is 1.52. The molecule has 0 unspecified atom stereocenters. The fourth-order valence-corrected chi connectivity index (χ4v) is 2.41. The maximum atomic E-state index is 11.8. The van der Waals surface area contributed by atoms with Gasteiger partial charge in [-0.25, -0.2) is 13.1 Å². The molecule has 5 nitrogen and oxygen atoms in total. The fraction of sp³-hybridized carbons (Fsp3) is 0.364. The van der Waals surface area contributed by atoms with Gasteiger partial charge in [0.25, 0.3) is 5.91 Å². The van der Waals surface area contributed by atoms with Crippen LogP contribution >= 0.6 is 0 Å². The summed E-state index contributed by atoms with van der Waals surface area (Å²) in [5, 5.41) is 3.21. The lowest BCUT2D eigenvalue weighted by atomic mass is 9.95. The maximum absolute atomic E-state index is 11.8. The number of benzene rings is 1. The molecule has 0 aromatic heterocycles. The van der Waals surface area contributed by atoms with Gasteiger partial charge in [-0.15, -0.1) is 0 Å². The second-order valence-electron chi connectivity index (χ2n) is 4.07. The van der Waals surface area contributed by atoms with Crippen LogP contribution in [0, 0.1) is 0 Å². The van der Waals surface area contributed by atoms with Gasteiger partial charge in [0.2, 0.25) is 10.0 Å². The molecule has 92 valence electrons. The number of carbonyl (C=O) groups excluding carboxylic acids is 1. The largest absolute Gasteiger partial charge is 0.312 e. The molecule has 17 heavy (non-hydrogen) atoms. The molecule has 2 rings (SSSR count). The van der Waals surface area contributed by atoms with Crippen molar-refractivity contribution in [3.63, 3.8) is 0 Å². The monoisotopic (exact) mass is 254 g/mol. The van der Waals surface area contributed by atoms with E-state index in [1.807, 2.05) is 10.8 Å². The Morgan fingerprint density at radius 3 is 2.88 bits per heavy atom. The van der Waals surface area contributed by atoms with Crippen LogP contribution in [0.25, 0.3) is 0 Å². The third kappa shape index (κ3) is 2.83. The van der Waals surface area contributed by atoms with E-state index in [1.54, 1.807) is 12.1 Å². The minimum absolute atomic E-state index is 0.453. The zero-order valence-electron chi connectivity index (χ0n) is 9.49. The summed E-state index contributed by atoms with van der Waals surface area (Å²) in [6.07, 6.45) is 1.71. The molecule has 6 heteroatoms. The van der Waals surface area contributed by atoms with E-state index in [2.05, 4.69) is 5.32 Å². The predicted molar refractivity (Wildman–Crippen MR) is 64.2 cm³/mol. The van der Waals surface area contributed by atoms with E-state index in [0.29, 0.717) is 5.56 Å². The first-order valence-electron chi connectivity index (χ1n) is 5.31. The molecule has 0 radical (unpaired) electrons. The van der Waals surface area contributed by atoms with Crippen molar-refractivity contribution in [1.29, 1.82) is 0 Å². The number of amides is 1. The Balaban J connectivity index is 2.36. The van der Waals surface area contributed by atoms with Gasteiger partial charge in [-0.3, -0.25) is 4.79 Å². The van der Waals surface area contributed by atoms with E-state index in [4.69, 9.17) is 0 Å². The maximum Gasteiger partial charge on any atom is 0.265 e. The van der Waals surface area contributed by atoms with Crippen molar-refractivity contribution in [2.24, 2.45) is 0 Å². The molecule has 1 amide bonds. The summed E-state index contributed by atoms with van der Waals surface area (Å²) >= 11 is 0. The summed E-state index contributed by atoms with van der Waals surface area (Å²) < 4.78 is 24.1. The van der Waals surface area contributed by atoms with Crippen molar-refractivity contribution in [3.8, 4) is 0 Å². The molecule has 2 N–H and O–H groups in total. The van der Waals surface area contributed by atoms with Crippen molar-refractivity contribution in [1.82, 2.24) is 10.0 Å². The molecule has 0 atom stereocenters. The average molecular weight is 254 g/mol. The van der Waals surface area contributed by atoms with Crippen molar-refractivity contribution in [3.05, 3.63) is 34.9 Å². The van der Waals surface area contributed by atoms with Gasteiger partial charge >= 0.3 is 0 Å². The number of carbonyl (C=O) groups is 1. The summed E-state index contributed by atoms with van der Waals surface area (Å²) in [7, 11) is -3.51. The summed E-state index contributed by atoms with van der Waals surface area (Å²) in [5.74, 6) is -0.550. The predicted octanol–water partition coefficient (Wildman–Crippen LogP) is 0.0217. The van der Waals surface area contributed by atoms with E-state index in [1.165, 1.54) is 0 Å². The summed E-state index contributed by atoms with van der Waals surface area (Å²) in [5.41, 5.74) is 2.44. The molecule has 0 fully saturated rings. The Bertz CT molecular complexity index is 552. The third-order valence-electron chi connectivity index (χ3n) is 2.66. The van der Waals surface area contributed by atoms with Crippen LogP contribution in [0.2, 0.25) is 0 Å². The molecule has 0 saturated heterocycles. The molecule has 1 aliphatic heterocycles. The molecule has 0 aliphatic carbocycles. The highest BCUT2D eigenvalue weighted by Gasteiger charge is 2.19. The molecule has 0 bridgehead atoms. The molecule has 0 saturated carbocycles. The lowest BCUT2D eigenvalue weighted by molar-refractivity contribution is 0.0980. The third-order valence-corrected chi connectivity index (χ3v) is 3.22. The number of fused-ring (bicyclic) bond motifs is 1. The highest BCUT2D eigenvalue weighted by molar-refractivity contribution is 7.89. The van der Waals surface area contributed by atoms with E-state index < -0.39 is 15.9 Å².